The number of carbonyl (C=O) groups excluding carboxylic acids is 1. The highest BCUT2D eigenvalue weighted by molar-refractivity contribution is 9.10. The van der Waals surface area contributed by atoms with Crippen molar-refractivity contribution in [1.82, 2.24) is 0 Å². The summed E-state index contributed by atoms with van der Waals surface area (Å²) >= 11 is 3.48. The standard InChI is InChI=1S/C15H20BrNO2/c16-13-8-12(9-15(17)18)6-7-14(13)19-10-11-4-2-1-3-5-11/h6-8,11H,1-5,9-10H2,(H2,17,18). The molecule has 0 heterocycles. The molecule has 0 atom stereocenters. The number of halogens is 1. The summed E-state index contributed by atoms with van der Waals surface area (Å²) < 4.78 is 6.76. The van der Waals surface area contributed by atoms with Gasteiger partial charge in [-0.15, -0.1) is 0 Å². The molecule has 0 saturated heterocycles. The van der Waals surface area contributed by atoms with Gasteiger partial charge >= 0.3 is 0 Å². The minimum atomic E-state index is -0.317. The molecule has 0 aliphatic heterocycles. The molecule has 1 aromatic rings. The van der Waals surface area contributed by atoms with Gasteiger partial charge in [-0.2, -0.15) is 0 Å². The lowest BCUT2D eigenvalue weighted by molar-refractivity contribution is -0.117. The van der Waals surface area contributed by atoms with Crippen LogP contribution in [0.4, 0.5) is 0 Å². The van der Waals surface area contributed by atoms with Crippen LogP contribution in [0.1, 0.15) is 37.7 Å². The first-order chi connectivity index (χ1) is 9.15. The lowest BCUT2D eigenvalue weighted by Gasteiger charge is -2.22. The summed E-state index contributed by atoms with van der Waals surface area (Å²) in [7, 11) is 0. The highest BCUT2D eigenvalue weighted by atomic mass is 79.9. The van der Waals surface area contributed by atoms with E-state index in [1.165, 1.54) is 32.1 Å². The van der Waals surface area contributed by atoms with Crippen LogP contribution in [0.5, 0.6) is 5.75 Å². The normalized spacial score (nSPS) is 16.3. The zero-order valence-corrected chi connectivity index (χ0v) is 12.6. The largest absolute Gasteiger partial charge is 0.492 e. The average molecular weight is 326 g/mol. The first-order valence-electron chi connectivity index (χ1n) is 6.84. The SMILES string of the molecule is NC(=O)Cc1ccc(OCC2CCCCC2)c(Br)c1. The Balaban J connectivity index is 1.91. The van der Waals surface area contributed by atoms with Crippen LogP contribution < -0.4 is 10.5 Å². The van der Waals surface area contributed by atoms with Crippen molar-refractivity contribution in [3.8, 4) is 5.75 Å². The predicted octanol–water partition coefficient (Wildman–Crippen LogP) is 3.44. The summed E-state index contributed by atoms with van der Waals surface area (Å²) in [5.41, 5.74) is 6.09. The Morgan fingerprint density at radius 3 is 2.68 bits per heavy atom. The molecule has 0 aromatic heterocycles. The number of carbonyl (C=O) groups is 1. The van der Waals surface area contributed by atoms with E-state index in [2.05, 4.69) is 15.9 Å². The summed E-state index contributed by atoms with van der Waals surface area (Å²) in [6.07, 6.45) is 6.83. The van der Waals surface area contributed by atoms with Crippen LogP contribution in [0.15, 0.2) is 22.7 Å². The maximum Gasteiger partial charge on any atom is 0.221 e. The van der Waals surface area contributed by atoms with Gasteiger partial charge in [0.2, 0.25) is 5.91 Å². The zero-order valence-electron chi connectivity index (χ0n) is 11.0. The molecule has 0 unspecified atom stereocenters. The maximum absolute atomic E-state index is 10.9. The molecule has 1 saturated carbocycles. The van der Waals surface area contributed by atoms with E-state index >= 15 is 0 Å². The Hall–Kier alpha value is -1.03. The Morgan fingerprint density at radius 1 is 1.32 bits per heavy atom. The molecule has 1 aromatic carbocycles. The van der Waals surface area contributed by atoms with Crippen molar-refractivity contribution in [2.45, 2.75) is 38.5 Å². The number of hydrogen-bond acceptors (Lipinski definition) is 2. The van der Waals surface area contributed by atoms with Crippen LogP contribution in [-0.2, 0) is 11.2 Å². The Bertz CT molecular complexity index is 442. The molecular formula is C15H20BrNO2. The monoisotopic (exact) mass is 325 g/mol. The van der Waals surface area contributed by atoms with Crippen LogP contribution in [0, 0.1) is 5.92 Å². The van der Waals surface area contributed by atoms with E-state index in [0.29, 0.717) is 5.92 Å². The smallest absolute Gasteiger partial charge is 0.221 e. The summed E-state index contributed by atoms with van der Waals surface area (Å²) in [6, 6.07) is 5.71. The fourth-order valence-corrected chi connectivity index (χ4v) is 3.07. The number of hydrogen-bond donors (Lipinski definition) is 1. The second-order valence-corrected chi connectivity index (χ2v) is 6.08. The first-order valence-corrected chi connectivity index (χ1v) is 7.64. The molecule has 19 heavy (non-hydrogen) atoms. The third kappa shape index (κ3) is 4.53. The number of nitrogens with two attached hydrogens (primary N) is 1. The Labute approximate surface area is 122 Å². The van der Waals surface area contributed by atoms with E-state index in [0.717, 1.165) is 22.4 Å². The summed E-state index contributed by atoms with van der Waals surface area (Å²) in [5.74, 6) is 1.22. The minimum absolute atomic E-state index is 0.265. The molecule has 0 radical (unpaired) electrons. The second-order valence-electron chi connectivity index (χ2n) is 5.22. The molecule has 0 bridgehead atoms. The Kier molecular flexibility index (Phi) is 5.25. The van der Waals surface area contributed by atoms with Gasteiger partial charge in [0.1, 0.15) is 5.75 Å². The maximum atomic E-state index is 10.9. The van der Waals surface area contributed by atoms with Crippen LogP contribution in [0.3, 0.4) is 0 Å². The van der Waals surface area contributed by atoms with Gasteiger partial charge in [-0.05, 0) is 52.4 Å². The highest BCUT2D eigenvalue weighted by Gasteiger charge is 2.14. The molecule has 1 fully saturated rings. The Morgan fingerprint density at radius 2 is 2.05 bits per heavy atom. The average Bonchev–Trinajstić information content (AvgIpc) is 2.38. The lowest BCUT2D eigenvalue weighted by atomic mass is 9.90. The van der Waals surface area contributed by atoms with Gasteiger partial charge in [0, 0.05) is 0 Å². The topological polar surface area (TPSA) is 52.3 Å². The van der Waals surface area contributed by atoms with Gasteiger partial charge in [0.15, 0.2) is 0 Å². The summed E-state index contributed by atoms with van der Waals surface area (Å²) in [6.45, 7) is 0.785. The zero-order chi connectivity index (χ0) is 13.7. The molecule has 1 aliphatic rings. The molecule has 1 aliphatic carbocycles. The number of benzene rings is 1. The molecule has 2 N–H and O–H groups in total. The van der Waals surface area contributed by atoms with Gasteiger partial charge in [-0.3, -0.25) is 4.79 Å². The number of ether oxygens (including phenoxy) is 1. The quantitative estimate of drug-likeness (QED) is 0.901. The third-order valence-electron chi connectivity index (χ3n) is 3.57. The van der Waals surface area contributed by atoms with E-state index in [1.54, 1.807) is 0 Å². The second kappa shape index (κ2) is 6.94. The van der Waals surface area contributed by atoms with Gasteiger partial charge in [-0.25, -0.2) is 0 Å². The predicted molar refractivity (Wildman–Crippen MR) is 79.1 cm³/mol. The van der Waals surface area contributed by atoms with Crippen LogP contribution in [0.2, 0.25) is 0 Å². The van der Waals surface area contributed by atoms with E-state index < -0.39 is 0 Å². The fourth-order valence-electron chi connectivity index (χ4n) is 2.53. The first kappa shape index (κ1) is 14.4. The van der Waals surface area contributed by atoms with E-state index in [4.69, 9.17) is 10.5 Å². The van der Waals surface area contributed by atoms with Crippen molar-refractivity contribution >= 4 is 21.8 Å². The molecular weight excluding hydrogens is 306 g/mol. The van der Waals surface area contributed by atoms with E-state index in [9.17, 15) is 4.79 Å². The third-order valence-corrected chi connectivity index (χ3v) is 4.19. The lowest BCUT2D eigenvalue weighted by Crippen LogP contribution is -2.15. The van der Waals surface area contributed by atoms with Crippen molar-refractivity contribution in [1.29, 1.82) is 0 Å². The summed E-state index contributed by atoms with van der Waals surface area (Å²) in [5, 5.41) is 0. The summed E-state index contributed by atoms with van der Waals surface area (Å²) in [4.78, 5) is 10.9. The minimum Gasteiger partial charge on any atom is -0.492 e. The van der Waals surface area contributed by atoms with E-state index in [-0.39, 0.29) is 12.3 Å². The molecule has 3 nitrogen and oxygen atoms in total. The number of primary amides is 1. The van der Waals surface area contributed by atoms with E-state index in [1.807, 2.05) is 18.2 Å². The van der Waals surface area contributed by atoms with Crippen molar-refractivity contribution < 1.29 is 9.53 Å². The van der Waals surface area contributed by atoms with Crippen molar-refractivity contribution in [3.63, 3.8) is 0 Å². The van der Waals surface area contributed by atoms with Gasteiger partial charge in [0.25, 0.3) is 0 Å². The van der Waals surface area contributed by atoms with Crippen LogP contribution >= 0.6 is 15.9 Å². The van der Waals surface area contributed by atoms with Crippen LogP contribution in [-0.4, -0.2) is 12.5 Å². The molecule has 2 rings (SSSR count). The van der Waals surface area contributed by atoms with Crippen molar-refractivity contribution in [3.05, 3.63) is 28.2 Å². The highest BCUT2D eigenvalue weighted by Crippen LogP contribution is 2.29. The molecule has 4 heteroatoms. The molecule has 1 amide bonds. The number of rotatable bonds is 5. The molecule has 0 spiro atoms. The van der Waals surface area contributed by atoms with Crippen LogP contribution in [0.25, 0.3) is 0 Å². The van der Waals surface area contributed by atoms with Gasteiger partial charge < -0.3 is 10.5 Å². The van der Waals surface area contributed by atoms with Crippen molar-refractivity contribution in [2.24, 2.45) is 11.7 Å². The van der Waals surface area contributed by atoms with Gasteiger partial charge in [0.05, 0.1) is 17.5 Å². The molecule has 104 valence electrons. The van der Waals surface area contributed by atoms with Crippen molar-refractivity contribution in [2.75, 3.05) is 6.61 Å². The van der Waals surface area contributed by atoms with Gasteiger partial charge in [-0.1, -0.05) is 25.3 Å². The number of amides is 1. The fraction of sp³-hybridized carbons (Fsp3) is 0.533.